The molecule has 2 rings (SSSR count). The zero-order valence-corrected chi connectivity index (χ0v) is 10.8. The van der Waals surface area contributed by atoms with Crippen molar-refractivity contribution in [2.45, 2.75) is 50.9 Å². The third-order valence-electron chi connectivity index (χ3n) is 3.70. The first-order valence-electron chi connectivity index (χ1n) is 6.55. The summed E-state index contributed by atoms with van der Waals surface area (Å²) in [4.78, 5) is 8.19. The summed E-state index contributed by atoms with van der Waals surface area (Å²) in [5.41, 5.74) is 0.820. The van der Waals surface area contributed by atoms with E-state index >= 15 is 0 Å². The highest BCUT2D eigenvalue weighted by Crippen LogP contribution is 2.37. The van der Waals surface area contributed by atoms with Gasteiger partial charge in [0.25, 0.3) is 0 Å². The molecule has 1 unspecified atom stereocenters. The van der Waals surface area contributed by atoms with E-state index in [4.69, 9.17) is 0 Å². The highest BCUT2D eigenvalue weighted by atomic mass is 19.4. The number of nitrogens with zero attached hydrogens (tertiary/aromatic N) is 2. The second-order valence-corrected chi connectivity index (χ2v) is 5.11. The maximum atomic E-state index is 12.6. The van der Waals surface area contributed by atoms with Crippen LogP contribution in [0.5, 0.6) is 0 Å². The van der Waals surface area contributed by atoms with Gasteiger partial charge in [-0.25, -0.2) is 0 Å². The Morgan fingerprint density at radius 2 is 1.89 bits per heavy atom. The minimum Gasteiger partial charge on any atom is -0.306 e. The summed E-state index contributed by atoms with van der Waals surface area (Å²) in [7, 11) is 0. The average Bonchev–Trinajstić information content (AvgIpc) is 2.39. The van der Waals surface area contributed by atoms with Crippen LogP contribution in [0.1, 0.15) is 44.3 Å². The summed E-state index contributed by atoms with van der Waals surface area (Å²) in [6.45, 7) is 1.96. The van der Waals surface area contributed by atoms with Crippen molar-refractivity contribution < 1.29 is 13.2 Å². The van der Waals surface area contributed by atoms with Gasteiger partial charge in [0.15, 0.2) is 0 Å². The van der Waals surface area contributed by atoms with Crippen LogP contribution in [0.2, 0.25) is 0 Å². The summed E-state index contributed by atoms with van der Waals surface area (Å²) >= 11 is 0. The summed E-state index contributed by atoms with van der Waals surface area (Å²) < 4.78 is 37.7. The average molecular weight is 273 g/mol. The molecular weight excluding hydrogens is 255 g/mol. The molecule has 0 aliphatic heterocycles. The molecule has 1 heterocycles. The largest absolute Gasteiger partial charge is 0.391 e. The van der Waals surface area contributed by atoms with E-state index in [1.54, 1.807) is 18.6 Å². The van der Waals surface area contributed by atoms with Gasteiger partial charge in [-0.05, 0) is 32.6 Å². The molecule has 1 N–H and O–H groups in total. The van der Waals surface area contributed by atoms with Gasteiger partial charge in [0.05, 0.1) is 11.6 Å². The molecule has 3 nitrogen and oxygen atoms in total. The van der Waals surface area contributed by atoms with Crippen molar-refractivity contribution in [3.63, 3.8) is 0 Å². The summed E-state index contributed by atoms with van der Waals surface area (Å²) in [6.07, 6.45) is 2.42. The molecule has 0 radical (unpaired) electrons. The fourth-order valence-corrected chi connectivity index (χ4v) is 2.56. The SMILES string of the molecule is CC(NC1CCC(C(F)(F)F)CC1)c1cnccn1. The lowest BCUT2D eigenvalue weighted by atomic mass is 9.85. The van der Waals surface area contributed by atoms with E-state index in [1.807, 2.05) is 6.92 Å². The van der Waals surface area contributed by atoms with Gasteiger partial charge < -0.3 is 5.32 Å². The first kappa shape index (κ1) is 14.2. The predicted octanol–water partition coefficient (Wildman–Crippen LogP) is 3.25. The molecule has 0 bridgehead atoms. The normalized spacial score (nSPS) is 26.1. The highest BCUT2D eigenvalue weighted by molar-refractivity contribution is 5.01. The van der Waals surface area contributed by atoms with Crippen LogP contribution in [-0.4, -0.2) is 22.2 Å². The molecule has 0 spiro atoms. The third-order valence-corrected chi connectivity index (χ3v) is 3.70. The van der Waals surface area contributed by atoms with Crippen LogP contribution < -0.4 is 5.32 Å². The smallest absolute Gasteiger partial charge is 0.306 e. The summed E-state index contributed by atoms with van der Waals surface area (Å²) in [5.74, 6) is -1.13. The number of halogens is 3. The standard InChI is InChI=1S/C13H18F3N3/c1-9(12-8-17-6-7-18-12)19-11-4-2-10(3-5-11)13(14,15)16/h6-11,19H,2-5H2,1H3. The molecule has 1 aliphatic rings. The van der Waals surface area contributed by atoms with Crippen LogP contribution >= 0.6 is 0 Å². The molecule has 1 saturated carbocycles. The van der Waals surface area contributed by atoms with Crippen LogP contribution in [0.15, 0.2) is 18.6 Å². The molecule has 1 aromatic heterocycles. The van der Waals surface area contributed by atoms with Crippen molar-refractivity contribution in [1.29, 1.82) is 0 Å². The van der Waals surface area contributed by atoms with Gasteiger partial charge in [0.2, 0.25) is 0 Å². The third kappa shape index (κ3) is 3.89. The van der Waals surface area contributed by atoms with Gasteiger partial charge in [-0.15, -0.1) is 0 Å². The molecule has 1 aliphatic carbocycles. The van der Waals surface area contributed by atoms with Gasteiger partial charge in [-0.2, -0.15) is 13.2 Å². The monoisotopic (exact) mass is 273 g/mol. The van der Waals surface area contributed by atoms with E-state index in [2.05, 4.69) is 15.3 Å². The van der Waals surface area contributed by atoms with Crippen molar-refractivity contribution in [1.82, 2.24) is 15.3 Å². The van der Waals surface area contributed by atoms with Crippen molar-refractivity contribution in [3.05, 3.63) is 24.3 Å². The molecule has 1 atom stereocenters. The summed E-state index contributed by atoms with van der Waals surface area (Å²) in [5, 5.41) is 3.34. The number of nitrogens with one attached hydrogen (secondary N) is 1. The second kappa shape index (κ2) is 5.86. The minimum absolute atomic E-state index is 0.0149. The Balaban J connectivity index is 1.83. The Hall–Kier alpha value is -1.17. The van der Waals surface area contributed by atoms with Gasteiger partial charge in [0, 0.05) is 30.7 Å². The van der Waals surface area contributed by atoms with Crippen molar-refractivity contribution in [2.75, 3.05) is 0 Å². The zero-order chi connectivity index (χ0) is 13.9. The Kier molecular flexibility index (Phi) is 4.39. The number of hydrogen-bond acceptors (Lipinski definition) is 3. The molecule has 0 aromatic carbocycles. The maximum Gasteiger partial charge on any atom is 0.391 e. The van der Waals surface area contributed by atoms with Gasteiger partial charge in [-0.1, -0.05) is 0 Å². The van der Waals surface area contributed by atoms with Crippen LogP contribution in [0.4, 0.5) is 13.2 Å². The quantitative estimate of drug-likeness (QED) is 0.918. The molecule has 1 aromatic rings. The van der Waals surface area contributed by atoms with E-state index in [0.29, 0.717) is 12.8 Å². The molecule has 106 valence electrons. The van der Waals surface area contributed by atoms with Crippen LogP contribution in [0.25, 0.3) is 0 Å². The molecule has 0 amide bonds. The van der Waals surface area contributed by atoms with Crippen molar-refractivity contribution in [3.8, 4) is 0 Å². The van der Waals surface area contributed by atoms with Gasteiger partial charge >= 0.3 is 6.18 Å². The molecule has 1 fully saturated rings. The first-order chi connectivity index (χ1) is 8.97. The van der Waals surface area contributed by atoms with E-state index in [-0.39, 0.29) is 24.9 Å². The number of alkyl halides is 3. The van der Waals surface area contributed by atoms with Crippen LogP contribution in [0, 0.1) is 5.92 Å². The Bertz CT molecular complexity index is 386. The number of aromatic nitrogens is 2. The van der Waals surface area contributed by atoms with E-state index in [0.717, 1.165) is 5.69 Å². The maximum absolute atomic E-state index is 12.6. The topological polar surface area (TPSA) is 37.8 Å². The number of rotatable bonds is 3. The molecule has 0 saturated heterocycles. The first-order valence-corrected chi connectivity index (χ1v) is 6.55. The summed E-state index contributed by atoms with van der Waals surface area (Å²) in [6, 6.07) is 0.150. The zero-order valence-electron chi connectivity index (χ0n) is 10.8. The molecular formula is C13H18F3N3. The lowest BCUT2D eigenvalue weighted by molar-refractivity contribution is -0.182. The van der Waals surface area contributed by atoms with E-state index in [9.17, 15) is 13.2 Å². The fourth-order valence-electron chi connectivity index (χ4n) is 2.56. The Labute approximate surface area is 110 Å². The van der Waals surface area contributed by atoms with Crippen molar-refractivity contribution >= 4 is 0 Å². The lowest BCUT2D eigenvalue weighted by Crippen LogP contribution is -2.38. The van der Waals surface area contributed by atoms with Gasteiger partial charge in [0.1, 0.15) is 0 Å². The van der Waals surface area contributed by atoms with Crippen molar-refractivity contribution in [2.24, 2.45) is 5.92 Å². The van der Waals surface area contributed by atoms with Gasteiger partial charge in [-0.3, -0.25) is 9.97 Å². The van der Waals surface area contributed by atoms with Crippen LogP contribution in [-0.2, 0) is 0 Å². The van der Waals surface area contributed by atoms with Crippen LogP contribution in [0.3, 0.4) is 0 Å². The highest BCUT2D eigenvalue weighted by Gasteiger charge is 2.41. The fraction of sp³-hybridized carbons (Fsp3) is 0.692. The Morgan fingerprint density at radius 1 is 1.21 bits per heavy atom. The second-order valence-electron chi connectivity index (χ2n) is 5.11. The predicted molar refractivity (Wildman–Crippen MR) is 65.4 cm³/mol. The molecule has 6 heteroatoms. The molecule has 19 heavy (non-hydrogen) atoms. The Morgan fingerprint density at radius 3 is 2.42 bits per heavy atom. The minimum atomic E-state index is -4.04. The number of hydrogen-bond donors (Lipinski definition) is 1. The van der Waals surface area contributed by atoms with E-state index in [1.165, 1.54) is 0 Å². The lowest BCUT2D eigenvalue weighted by Gasteiger charge is -2.32. The van der Waals surface area contributed by atoms with E-state index < -0.39 is 12.1 Å².